The minimum Gasteiger partial charge on any atom is -0.338 e. The number of hydrogen-bond donors (Lipinski definition) is 1. The predicted octanol–water partition coefficient (Wildman–Crippen LogP) is 4.88. The van der Waals surface area contributed by atoms with Crippen molar-refractivity contribution in [3.8, 4) is 0 Å². The van der Waals surface area contributed by atoms with Crippen molar-refractivity contribution in [2.45, 2.75) is 104 Å². The van der Waals surface area contributed by atoms with Gasteiger partial charge in [-0.3, -0.25) is 9.79 Å². The summed E-state index contributed by atoms with van der Waals surface area (Å²) in [5, 5.41) is 3.14. The summed E-state index contributed by atoms with van der Waals surface area (Å²) in [6.07, 6.45) is 14.5. The molecule has 0 saturated carbocycles. The van der Waals surface area contributed by atoms with Gasteiger partial charge in [-0.25, -0.2) is 0 Å². The summed E-state index contributed by atoms with van der Waals surface area (Å²) < 4.78 is 0. The van der Waals surface area contributed by atoms with Crippen LogP contribution in [-0.4, -0.2) is 35.9 Å². The molecular formula is C20H39N3O. The number of nitrogens with zero attached hydrogens (tertiary/aromatic N) is 2. The first kappa shape index (κ1) is 21.0. The van der Waals surface area contributed by atoms with Crippen molar-refractivity contribution < 1.29 is 4.79 Å². The molecule has 0 aliphatic carbocycles. The van der Waals surface area contributed by atoms with Gasteiger partial charge in [0.1, 0.15) is 5.84 Å². The zero-order valence-corrected chi connectivity index (χ0v) is 16.3. The molecule has 0 aromatic heterocycles. The van der Waals surface area contributed by atoms with Crippen LogP contribution in [0.15, 0.2) is 4.99 Å². The second-order valence-corrected chi connectivity index (χ2v) is 7.06. The van der Waals surface area contributed by atoms with E-state index < -0.39 is 0 Å². The maximum Gasteiger partial charge on any atom is 0.221 e. The van der Waals surface area contributed by atoms with Crippen molar-refractivity contribution >= 4 is 11.7 Å². The van der Waals surface area contributed by atoms with Gasteiger partial charge in [-0.1, -0.05) is 65.2 Å². The monoisotopic (exact) mass is 337 g/mol. The number of hydrogen-bond acceptors (Lipinski definition) is 3. The second kappa shape index (κ2) is 13.3. The van der Waals surface area contributed by atoms with Gasteiger partial charge < -0.3 is 10.2 Å². The molecule has 0 fully saturated rings. The maximum absolute atomic E-state index is 12.1. The van der Waals surface area contributed by atoms with E-state index in [9.17, 15) is 4.79 Å². The topological polar surface area (TPSA) is 44.7 Å². The molecule has 24 heavy (non-hydrogen) atoms. The Morgan fingerprint density at radius 2 is 1.67 bits per heavy atom. The number of unbranched alkanes of at least 4 members (excludes halogenated alkanes) is 8. The van der Waals surface area contributed by atoms with E-state index in [0.717, 1.165) is 38.2 Å². The van der Waals surface area contributed by atoms with Crippen LogP contribution in [0.2, 0.25) is 0 Å². The Balaban J connectivity index is 2.04. The van der Waals surface area contributed by atoms with Gasteiger partial charge in [0.25, 0.3) is 0 Å². The van der Waals surface area contributed by atoms with Crippen molar-refractivity contribution in [2.75, 3.05) is 13.1 Å². The second-order valence-electron chi connectivity index (χ2n) is 7.06. The van der Waals surface area contributed by atoms with Crippen molar-refractivity contribution in [2.24, 2.45) is 4.99 Å². The summed E-state index contributed by atoms with van der Waals surface area (Å²) >= 11 is 0. The lowest BCUT2D eigenvalue weighted by molar-refractivity contribution is -0.122. The first-order valence-electron chi connectivity index (χ1n) is 10.3. The molecule has 4 heteroatoms. The first-order chi connectivity index (χ1) is 11.7. The van der Waals surface area contributed by atoms with Crippen LogP contribution >= 0.6 is 0 Å². The van der Waals surface area contributed by atoms with Crippen LogP contribution in [0.25, 0.3) is 0 Å². The number of aliphatic imine (C=N–C) groups is 1. The molecule has 4 nitrogen and oxygen atoms in total. The Morgan fingerprint density at radius 1 is 1.04 bits per heavy atom. The number of carbonyl (C=O) groups excluding carboxylic acids is 1. The predicted molar refractivity (Wildman–Crippen MR) is 103 cm³/mol. The Labute approximate surface area is 149 Å². The number of amides is 1. The molecule has 0 spiro atoms. The molecule has 1 aliphatic heterocycles. The highest BCUT2D eigenvalue weighted by Gasteiger charge is 2.22. The van der Waals surface area contributed by atoms with Gasteiger partial charge in [0.2, 0.25) is 5.91 Å². The molecule has 0 saturated heterocycles. The van der Waals surface area contributed by atoms with E-state index in [1.807, 2.05) is 0 Å². The summed E-state index contributed by atoms with van der Waals surface area (Å²) in [7, 11) is 0. The molecule has 1 heterocycles. The highest BCUT2D eigenvalue weighted by molar-refractivity contribution is 5.84. The fourth-order valence-corrected chi connectivity index (χ4v) is 3.35. The zero-order chi connectivity index (χ0) is 17.6. The zero-order valence-electron chi connectivity index (χ0n) is 16.3. The number of carbonyl (C=O) groups is 1. The lowest BCUT2D eigenvalue weighted by Gasteiger charge is -2.28. The van der Waals surface area contributed by atoms with E-state index in [1.165, 1.54) is 51.4 Å². The molecule has 1 atom stereocenters. The molecule has 1 unspecified atom stereocenters. The largest absolute Gasteiger partial charge is 0.338 e. The Bertz CT molecular complexity index is 368. The molecular weight excluding hydrogens is 298 g/mol. The summed E-state index contributed by atoms with van der Waals surface area (Å²) in [6.45, 7) is 8.31. The van der Waals surface area contributed by atoms with Gasteiger partial charge in [0.15, 0.2) is 0 Å². The van der Waals surface area contributed by atoms with Gasteiger partial charge in [-0.15, -0.1) is 0 Å². The SMILES string of the molecule is CCCCCCCCCCCC(=O)NC(C)N1CCN=C1CCC. The van der Waals surface area contributed by atoms with Crippen molar-refractivity contribution in [1.82, 2.24) is 10.2 Å². The maximum atomic E-state index is 12.1. The molecule has 1 aliphatic rings. The van der Waals surface area contributed by atoms with Crippen molar-refractivity contribution in [1.29, 1.82) is 0 Å². The van der Waals surface area contributed by atoms with Gasteiger partial charge >= 0.3 is 0 Å². The van der Waals surface area contributed by atoms with E-state index >= 15 is 0 Å². The Morgan fingerprint density at radius 3 is 2.29 bits per heavy atom. The molecule has 0 bridgehead atoms. The fraction of sp³-hybridized carbons (Fsp3) is 0.900. The minimum absolute atomic E-state index is 0.0730. The summed E-state index contributed by atoms with van der Waals surface area (Å²) in [5.41, 5.74) is 0. The average Bonchev–Trinajstić information content (AvgIpc) is 3.02. The van der Waals surface area contributed by atoms with Crippen molar-refractivity contribution in [3.05, 3.63) is 0 Å². The quantitative estimate of drug-likeness (QED) is 0.459. The first-order valence-corrected chi connectivity index (χ1v) is 10.3. The third-order valence-electron chi connectivity index (χ3n) is 4.79. The highest BCUT2D eigenvalue weighted by atomic mass is 16.1. The normalized spacial score (nSPS) is 15.5. The number of nitrogens with one attached hydrogen (secondary N) is 1. The Kier molecular flexibility index (Phi) is 11.6. The van der Waals surface area contributed by atoms with E-state index in [0.29, 0.717) is 6.42 Å². The van der Waals surface area contributed by atoms with Crippen molar-refractivity contribution in [3.63, 3.8) is 0 Å². The third kappa shape index (κ3) is 8.70. The van der Waals surface area contributed by atoms with Gasteiger partial charge in [0, 0.05) is 19.4 Å². The molecule has 0 aromatic rings. The molecule has 1 amide bonds. The average molecular weight is 338 g/mol. The lowest BCUT2D eigenvalue weighted by atomic mass is 10.1. The molecule has 0 aromatic carbocycles. The van der Waals surface area contributed by atoms with E-state index in [2.05, 4.69) is 36.0 Å². The lowest BCUT2D eigenvalue weighted by Crippen LogP contribution is -2.47. The van der Waals surface area contributed by atoms with Gasteiger partial charge in [0.05, 0.1) is 12.7 Å². The van der Waals surface area contributed by atoms with Crippen LogP contribution in [0.4, 0.5) is 0 Å². The minimum atomic E-state index is 0.0730. The van der Waals surface area contributed by atoms with E-state index in [1.54, 1.807) is 0 Å². The molecule has 1 N–H and O–H groups in total. The number of rotatable bonds is 14. The molecule has 0 radical (unpaired) electrons. The smallest absolute Gasteiger partial charge is 0.221 e. The summed E-state index contributed by atoms with van der Waals surface area (Å²) in [5.74, 6) is 1.35. The van der Waals surface area contributed by atoms with Crippen LogP contribution in [0.3, 0.4) is 0 Å². The number of amidine groups is 1. The summed E-state index contributed by atoms with van der Waals surface area (Å²) in [6, 6.07) is 0. The summed E-state index contributed by atoms with van der Waals surface area (Å²) in [4.78, 5) is 18.9. The standard InChI is InChI=1S/C20H39N3O/c1-4-6-7-8-9-10-11-12-13-15-20(24)22-18(3)23-17-16-21-19(23)14-5-2/h18H,4-17H2,1-3H3,(H,22,24). The van der Waals surface area contributed by atoms with Crippen LogP contribution in [0, 0.1) is 0 Å². The van der Waals surface area contributed by atoms with Gasteiger partial charge in [-0.2, -0.15) is 0 Å². The van der Waals surface area contributed by atoms with Crippen LogP contribution in [0.1, 0.15) is 97.8 Å². The Hall–Kier alpha value is -1.06. The fourth-order valence-electron chi connectivity index (χ4n) is 3.35. The van der Waals surface area contributed by atoms with E-state index in [-0.39, 0.29) is 12.1 Å². The van der Waals surface area contributed by atoms with Crippen LogP contribution in [0.5, 0.6) is 0 Å². The van der Waals surface area contributed by atoms with Crippen LogP contribution < -0.4 is 5.32 Å². The molecule has 140 valence electrons. The van der Waals surface area contributed by atoms with E-state index in [4.69, 9.17) is 0 Å². The van der Waals surface area contributed by atoms with Gasteiger partial charge in [-0.05, 0) is 19.8 Å². The highest BCUT2D eigenvalue weighted by Crippen LogP contribution is 2.12. The van der Waals surface area contributed by atoms with Crippen LogP contribution in [-0.2, 0) is 4.79 Å². The third-order valence-corrected chi connectivity index (χ3v) is 4.79. The molecule has 1 rings (SSSR count).